The highest BCUT2D eigenvalue weighted by molar-refractivity contribution is 7.09. The zero-order valence-electron chi connectivity index (χ0n) is 16.5. The summed E-state index contributed by atoms with van der Waals surface area (Å²) in [6.45, 7) is 4.30. The molecule has 3 aromatic heterocycles. The fourth-order valence-electron chi connectivity index (χ4n) is 3.27. The van der Waals surface area contributed by atoms with Gasteiger partial charge in [-0.3, -0.25) is 4.98 Å². The highest BCUT2D eigenvalue weighted by Gasteiger charge is 2.13. The molecule has 0 amide bonds. The van der Waals surface area contributed by atoms with Gasteiger partial charge in [-0.25, -0.2) is 9.97 Å². The Bertz CT molecular complexity index is 1110. The third-order valence-electron chi connectivity index (χ3n) is 4.65. The van der Waals surface area contributed by atoms with Crippen LogP contribution in [-0.4, -0.2) is 28.0 Å². The third-order valence-corrected chi connectivity index (χ3v) is 5.94. The lowest BCUT2D eigenvalue weighted by Crippen LogP contribution is -2.27. The molecule has 4 rings (SSSR count). The first-order valence-corrected chi connectivity index (χ1v) is 11.3. The standard InChI is InChI=1S/C22H21Cl2N5S/c1-15-12-21(24)28-22(27-15)29(14-17-4-2-11-30-17)10-3-8-25-19-7-9-26-20-13-16(23)5-6-18(19)20/h2,4-7,9,11-13H,3,8,10,14H2,1H3,(H,25,26). The van der Waals surface area contributed by atoms with Gasteiger partial charge in [0.25, 0.3) is 0 Å². The molecule has 1 N–H and O–H groups in total. The molecule has 0 aliphatic rings. The van der Waals surface area contributed by atoms with Gasteiger partial charge in [0.15, 0.2) is 0 Å². The lowest BCUT2D eigenvalue weighted by molar-refractivity contribution is 0.727. The predicted octanol–water partition coefficient (Wildman–Crippen LogP) is 6.21. The summed E-state index contributed by atoms with van der Waals surface area (Å²) >= 11 is 14.0. The molecule has 0 unspecified atom stereocenters. The van der Waals surface area contributed by atoms with Crippen molar-refractivity contribution in [3.63, 3.8) is 0 Å². The summed E-state index contributed by atoms with van der Waals surface area (Å²) in [5, 5.41) is 7.82. The Labute approximate surface area is 189 Å². The molecule has 0 spiro atoms. The molecule has 0 fully saturated rings. The summed E-state index contributed by atoms with van der Waals surface area (Å²) in [5.74, 6) is 0.664. The number of nitrogens with zero attached hydrogens (tertiary/aromatic N) is 4. The van der Waals surface area contributed by atoms with E-state index in [2.05, 4.69) is 42.7 Å². The number of benzene rings is 1. The number of pyridine rings is 1. The number of hydrogen-bond acceptors (Lipinski definition) is 6. The van der Waals surface area contributed by atoms with E-state index in [4.69, 9.17) is 23.2 Å². The van der Waals surface area contributed by atoms with Crippen LogP contribution in [0.1, 0.15) is 17.0 Å². The number of thiophene rings is 1. The molecule has 3 heterocycles. The van der Waals surface area contributed by atoms with Crippen LogP contribution in [0.2, 0.25) is 10.2 Å². The number of aryl methyl sites for hydroxylation is 1. The van der Waals surface area contributed by atoms with E-state index in [0.29, 0.717) is 16.1 Å². The number of rotatable bonds is 8. The minimum absolute atomic E-state index is 0.466. The summed E-state index contributed by atoms with van der Waals surface area (Å²) in [6, 6.07) is 13.7. The second-order valence-electron chi connectivity index (χ2n) is 6.93. The number of halogens is 2. The SMILES string of the molecule is Cc1cc(Cl)nc(N(CCCNc2ccnc3cc(Cl)ccc23)Cc2cccs2)n1. The fraction of sp³-hybridized carbons (Fsp3) is 0.227. The lowest BCUT2D eigenvalue weighted by atomic mass is 10.2. The summed E-state index contributed by atoms with van der Waals surface area (Å²) in [7, 11) is 0. The van der Waals surface area contributed by atoms with Gasteiger partial charge in [0.1, 0.15) is 5.15 Å². The largest absolute Gasteiger partial charge is 0.384 e. The van der Waals surface area contributed by atoms with Crippen molar-refractivity contribution >= 4 is 57.1 Å². The van der Waals surface area contributed by atoms with Gasteiger partial charge in [0.05, 0.1) is 12.1 Å². The highest BCUT2D eigenvalue weighted by atomic mass is 35.5. The molecule has 0 aliphatic carbocycles. The highest BCUT2D eigenvalue weighted by Crippen LogP contribution is 2.24. The maximum absolute atomic E-state index is 6.18. The maximum Gasteiger partial charge on any atom is 0.227 e. The summed E-state index contributed by atoms with van der Waals surface area (Å²) in [6.07, 6.45) is 2.71. The first-order chi connectivity index (χ1) is 14.6. The van der Waals surface area contributed by atoms with Crippen molar-refractivity contribution in [1.82, 2.24) is 15.0 Å². The number of hydrogen-bond donors (Lipinski definition) is 1. The monoisotopic (exact) mass is 457 g/mol. The molecule has 0 atom stereocenters. The van der Waals surface area contributed by atoms with Gasteiger partial charge in [-0.05, 0) is 55.1 Å². The minimum Gasteiger partial charge on any atom is -0.384 e. The van der Waals surface area contributed by atoms with E-state index in [0.717, 1.165) is 48.3 Å². The zero-order valence-corrected chi connectivity index (χ0v) is 18.8. The molecule has 30 heavy (non-hydrogen) atoms. The zero-order chi connectivity index (χ0) is 20.9. The summed E-state index contributed by atoms with van der Waals surface area (Å²) in [5.41, 5.74) is 2.80. The van der Waals surface area contributed by atoms with Gasteiger partial charge in [0.2, 0.25) is 5.95 Å². The van der Waals surface area contributed by atoms with Crippen LogP contribution >= 0.6 is 34.5 Å². The number of nitrogens with one attached hydrogen (secondary N) is 1. The molecular formula is C22H21Cl2N5S. The van der Waals surface area contributed by atoms with Crippen molar-refractivity contribution in [2.24, 2.45) is 0 Å². The first kappa shape index (κ1) is 20.8. The van der Waals surface area contributed by atoms with E-state index in [1.165, 1.54) is 4.88 Å². The molecule has 5 nitrogen and oxygen atoms in total. The smallest absolute Gasteiger partial charge is 0.227 e. The molecular weight excluding hydrogens is 437 g/mol. The van der Waals surface area contributed by atoms with Gasteiger partial charge in [-0.1, -0.05) is 29.3 Å². The number of aromatic nitrogens is 3. The van der Waals surface area contributed by atoms with Gasteiger partial charge in [-0.2, -0.15) is 0 Å². The minimum atomic E-state index is 0.466. The van der Waals surface area contributed by atoms with Crippen LogP contribution in [0.25, 0.3) is 10.9 Å². The van der Waals surface area contributed by atoms with Crippen molar-refractivity contribution in [3.8, 4) is 0 Å². The van der Waals surface area contributed by atoms with Gasteiger partial charge >= 0.3 is 0 Å². The van der Waals surface area contributed by atoms with E-state index < -0.39 is 0 Å². The topological polar surface area (TPSA) is 53.9 Å². The fourth-order valence-corrected chi connectivity index (χ4v) is 4.38. The molecule has 0 saturated heterocycles. The second-order valence-corrected chi connectivity index (χ2v) is 8.79. The first-order valence-electron chi connectivity index (χ1n) is 9.65. The van der Waals surface area contributed by atoms with Crippen molar-refractivity contribution < 1.29 is 0 Å². The van der Waals surface area contributed by atoms with E-state index in [1.807, 2.05) is 31.2 Å². The maximum atomic E-state index is 6.18. The molecule has 0 bridgehead atoms. The number of anilines is 2. The Morgan fingerprint density at radius 1 is 1.10 bits per heavy atom. The Morgan fingerprint density at radius 3 is 2.80 bits per heavy atom. The van der Waals surface area contributed by atoms with Crippen LogP contribution < -0.4 is 10.2 Å². The summed E-state index contributed by atoms with van der Waals surface area (Å²) < 4.78 is 0. The molecule has 0 radical (unpaired) electrons. The van der Waals surface area contributed by atoms with E-state index in [1.54, 1.807) is 23.6 Å². The van der Waals surface area contributed by atoms with E-state index in [-0.39, 0.29) is 0 Å². The third kappa shape index (κ3) is 5.19. The predicted molar refractivity (Wildman–Crippen MR) is 127 cm³/mol. The lowest BCUT2D eigenvalue weighted by Gasteiger charge is -2.23. The van der Waals surface area contributed by atoms with Gasteiger partial charge < -0.3 is 10.2 Å². The van der Waals surface area contributed by atoms with E-state index >= 15 is 0 Å². The summed E-state index contributed by atoms with van der Waals surface area (Å²) in [4.78, 5) is 16.9. The van der Waals surface area contributed by atoms with Crippen molar-refractivity contribution in [1.29, 1.82) is 0 Å². The van der Waals surface area contributed by atoms with Crippen LogP contribution in [0.15, 0.2) is 54.0 Å². The second kappa shape index (κ2) is 9.60. The molecule has 0 saturated carbocycles. The molecule has 154 valence electrons. The van der Waals surface area contributed by atoms with Gasteiger partial charge in [-0.15, -0.1) is 11.3 Å². The average molecular weight is 458 g/mol. The van der Waals surface area contributed by atoms with Crippen LogP contribution in [0.4, 0.5) is 11.6 Å². The molecule has 4 aromatic rings. The van der Waals surface area contributed by atoms with Crippen molar-refractivity contribution in [2.75, 3.05) is 23.3 Å². The normalized spacial score (nSPS) is 11.0. The van der Waals surface area contributed by atoms with Crippen LogP contribution in [0, 0.1) is 6.92 Å². The van der Waals surface area contributed by atoms with Crippen LogP contribution in [-0.2, 0) is 6.54 Å². The average Bonchev–Trinajstić information content (AvgIpc) is 3.22. The Kier molecular flexibility index (Phi) is 6.67. The Hall–Kier alpha value is -2.41. The Balaban J connectivity index is 1.44. The molecule has 8 heteroatoms. The molecule has 0 aliphatic heterocycles. The van der Waals surface area contributed by atoms with Crippen LogP contribution in [0.3, 0.4) is 0 Å². The van der Waals surface area contributed by atoms with Gasteiger partial charge in [0, 0.05) is 46.0 Å². The van der Waals surface area contributed by atoms with Crippen molar-refractivity contribution in [2.45, 2.75) is 19.9 Å². The quantitative estimate of drug-likeness (QED) is 0.251. The van der Waals surface area contributed by atoms with E-state index in [9.17, 15) is 0 Å². The molecule has 1 aromatic carbocycles. The van der Waals surface area contributed by atoms with Crippen molar-refractivity contribution in [3.05, 3.63) is 74.8 Å². The van der Waals surface area contributed by atoms with Crippen LogP contribution in [0.5, 0.6) is 0 Å². The Morgan fingerprint density at radius 2 is 2.00 bits per heavy atom. The number of fused-ring (bicyclic) bond motifs is 1.